The molecule has 0 unspecified atom stereocenters. The number of aryl methyl sites for hydroxylation is 1. The van der Waals surface area contributed by atoms with E-state index in [2.05, 4.69) is 31.2 Å². The second-order valence-corrected chi connectivity index (χ2v) is 11.0. The molecular formula is C37H43Cl2N5O8. The lowest BCUT2D eigenvalue weighted by Gasteiger charge is -2.16. The number of methoxy groups -OCH3 is 4. The van der Waals surface area contributed by atoms with E-state index in [1.165, 1.54) is 12.7 Å². The Balaban J connectivity index is 0.000000292. The Hall–Kier alpha value is -4.68. The van der Waals surface area contributed by atoms with Crippen LogP contribution in [0.25, 0.3) is 21.8 Å². The van der Waals surface area contributed by atoms with E-state index in [9.17, 15) is 0 Å². The summed E-state index contributed by atoms with van der Waals surface area (Å²) in [4.78, 5) is 17.0. The molecule has 0 atom stereocenters. The molecule has 0 amide bonds. The van der Waals surface area contributed by atoms with Crippen LogP contribution in [0.15, 0.2) is 55.1 Å². The third kappa shape index (κ3) is 11.9. The molecule has 0 saturated carbocycles. The fourth-order valence-corrected chi connectivity index (χ4v) is 4.76. The van der Waals surface area contributed by atoms with Crippen LogP contribution in [0.1, 0.15) is 11.1 Å². The zero-order valence-electron chi connectivity index (χ0n) is 29.8. The number of hydrogen-bond donors (Lipinski definition) is 1. The largest absolute Gasteiger partial charge is 0.487 e. The molecule has 0 aliphatic carbocycles. The number of hydrogen-bond acceptors (Lipinski definition) is 13. The molecule has 5 aromatic rings. The van der Waals surface area contributed by atoms with Crippen molar-refractivity contribution in [2.75, 3.05) is 86.6 Å². The first-order valence-corrected chi connectivity index (χ1v) is 16.3. The molecule has 3 aromatic carbocycles. The predicted octanol–water partition coefficient (Wildman–Crippen LogP) is 6.47. The quantitative estimate of drug-likeness (QED) is 0.0595. The third-order valence-electron chi connectivity index (χ3n) is 7.19. The lowest BCUT2D eigenvalue weighted by atomic mass is 10.1. The number of rotatable bonds is 18. The Morgan fingerprint density at radius 1 is 0.615 bits per heavy atom. The monoisotopic (exact) mass is 755 g/mol. The lowest BCUT2D eigenvalue weighted by molar-refractivity contribution is 0.132. The maximum absolute atomic E-state index is 6.08. The van der Waals surface area contributed by atoms with Gasteiger partial charge in [-0.2, -0.15) is 0 Å². The summed E-state index contributed by atoms with van der Waals surface area (Å²) in [5.74, 6) is 5.65. The van der Waals surface area contributed by atoms with Crippen molar-refractivity contribution in [3.63, 3.8) is 0 Å². The number of halogens is 2. The molecule has 5 rings (SSSR count). The Labute approximate surface area is 314 Å². The molecule has 0 spiro atoms. The van der Waals surface area contributed by atoms with Crippen molar-refractivity contribution in [1.82, 2.24) is 19.9 Å². The maximum Gasteiger partial charge on any atom is 0.163 e. The highest BCUT2D eigenvalue weighted by molar-refractivity contribution is 6.34. The van der Waals surface area contributed by atoms with Crippen LogP contribution < -0.4 is 24.3 Å². The summed E-state index contributed by atoms with van der Waals surface area (Å²) in [5.41, 5.74) is 4.15. The van der Waals surface area contributed by atoms with Crippen molar-refractivity contribution in [2.45, 2.75) is 6.92 Å². The number of nitrogens with one attached hydrogen (secondary N) is 1. The molecule has 2 heterocycles. The zero-order chi connectivity index (χ0) is 36.4. The van der Waals surface area contributed by atoms with Crippen LogP contribution in [0.2, 0.25) is 5.15 Å². The summed E-state index contributed by atoms with van der Waals surface area (Å²) in [6.07, 6.45) is 8.47. The summed E-state index contributed by atoms with van der Waals surface area (Å²) in [6.45, 7) is 5.53. The van der Waals surface area contributed by atoms with Gasteiger partial charge in [-0.3, -0.25) is 0 Å². The van der Waals surface area contributed by atoms with Crippen LogP contribution in [0, 0.1) is 19.3 Å². The minimum absolute atomic E-state index is 0. The molecule has 2 aromatic heterocycles. The molecule has 15 heteroatoms. The van der Waals surface area contributed by atoms with E-state index >= 15 is 0 Å². The average molecular weight is 757 g/mol. The molecule has 0 aliphatic heterocycles. The number of ether oxygens (including phenoxy) is 8. The number of nitrogens with zero attached hydrogens (tertiary/aromatic N) is 4. The fourth-order valence-electron chi connectivity index (χ4n) is 4.56. The number of aromatic nitrogens is 4. The number of terminal acetylenes is 1. The van der Waals surface area contributed by atoms with Gasteiger partial charge in [-0.15, -0.1) is 18.8 Å². The van der Waals surface area contributed by atoms with E-state index in [1.807, 2.05) is 37.3 Å². The van der Waals surface area contributed by atoms with Gasteiger partial charge in [0.25, 0.3) is 0 Å². The molecule has 0 aliphatic rings. The Morgan fingerprint density at radius 2 is 1.08 bits per heavy atom. The van der Waals surface area contributed by atoms with Gasteiger partial charge < -0.3 is 43.2 Å². The summed E-state index contributed by atoms with van der Waals surface area (Å²) in [5, 5.41) is 5.26. The second kappa shape index (κ2) is 22.3. The Morgan fingerprint density at radius 3 is 1.58 bits per heavy atom. The Kier molecular flexibility index (Phi) is 17.9. The van der Waals surface area contributed by atoms with E-state index < -0.39 is 0 Å². The van der Waals surface area contributed by atoms with Gasteiger partial charge in [-0.25, -0.2) is 19.9 Å². The highest BCUT2D eigenvalue weighted by Crippen LogP contribution is 2.36. The number of fused-ring (bicyclic) bond motifs is 2. The number of benzene rings is 3. The molecule has 0 radical (unpaired) electrons. The first kappa shape index (κ1) is 41.7. The second-order valence-electron chi connectivity index (χ2n) is 10.7. The molecule has 1 N–H and O–H groups in total. The van der Waals surface area contributed by atoms with Gasteiger partial charge in [-0.05, 0) is 36.8 Å². The molecule has 52 heavy (non-hydrogen) atoms. The predicted molar refractivity (Wildman–Crippen MR) is 203 cm³/mol. The van der Waals surface area contributed by atoms with Crippen molar-refractivity contribution in [3.05, 3.63) is 71.4 Å². The van der Waals surface area contributed by atoms with Crippen molar-refractivity contribution < 1.29 is 37.9 Å². The van der Waals surface area contributed by atoms with Gasteiger partial charge in [0.1, 0.15) is 50.1 Å². The van der Waals surface area contributed by atoms with Crippen molar-refractivity contribution in [3.8, 4) is 35.3 Å². The van der Waals surface area contributed by atoms with Crippen LogP contribution in [-0.4, -0.2) is 101 Å². The van der Waals surface area contributed by atoms with E-state index in [1.54, 1.807) is 40.6 Å². The first-order chi connectivity index (χ1) is 24.9. The summed E-state index contributed by atoms with van der Waals surface area (Å²) >= 11 is 6.08. The highest BCUT2D eigenvalue weighted by Gasteiger charge is 2.14. The van der Waals surface area contributed by atoms with Crippen LogP contribution in [0.5, 0.6) is 23.0 Å². The van der Waals surface area contributed by atoms with E-state index in [-0.39, 0.29) is 12.4 Å². The molecule has 0 bridgehead atoms. The number of anilines is 2. The van der Waals surface area contributed by atoms with Crippen LogP contribution >= 0.6 is 24.0 Å². The SMILES string of the molecule is C#Cc1ccc(C)c(Nc2ncnc3cc(OCCOC)c(OCCOC)cc23)c1.COCCOc1cc2ncnc(Cl)c2cc1OCCOC.Cl. The molecule has 0 saturated heterocycles. The van der Waals surface area contributed by atoms with Crippen LogP contribution in [-0.2, 0) is 18.9 Å². The molecule has 13 nitrogen and oxygen atoms in total. The molecular weight excluding hydrogens is 713 g/mol. The smallest absolute Gasteiger partial charge is 0.163 e. The van der Waals surface area contributed by atoms with Gasteiger partial charge in [0.05, 0.1) is 37.5 Å². The standard InChI is InChI=1S/C23H25N3O4.C14H17ClN2O4.ClH/c1-5-17-7-6-16(2)19(12-17)26-23-18-13-21(29-10-8-27-3)22(30-11-9-28-4)14-20(18)24-15-25-23;1-18-3-5-20-12-7-10-11(16-9-17-14(10)15)8-13(12)21-6-4-19-2;/h1,6-7,12-15H,8-11H2,2-4H3,(H,24,25,26);7-9H,3-6H2,1-2H3;1H. The topological polar surface area (TPSA) is 137 Å². The van der Waals surface area contributed by atoms with Crippen molar-refractivity contribution in [1.29, 1.82) is 0 Å². The summed E-state index contributed by atoms with van der Waals surface area (Å²) < 4.78 is 43.1. The lowest BCUT2D eigenvalue weighted by Crippen LogP contribution is -2.09. The first-order valence-electron chi connectivity index (χ1n) is 16.0. The van der Waals surface area contributed by atoms with Crippen molar-refractivity contribution in [2.24, 2.45) is 0 Å². The maximum atomic E-state index is 6.08. The van der Waals surface area contributed by atoms with Crippen LogP contribution in [0.4, 0.5) is 11.5 Å². The fraction of sp³-hybridized carbons (Fsp3) is 0.351. The van der Waals surface area contributed by atoms with Gasteiger partial charge >= 0.3 is 0 Å². The highest BCUT2D eigenvalue weighted by atomic mass is 35.5. The van der Waals surface area contributed by atoms with E-state index in [0.717, 1.165) is 27.7 Å². The summed E-state index contributed by atoms with van der Waals surface area (Å²) in [7, 11) is 6.49. The molecule has 278 valence electrons. The van der Waals surface area contributed by atoms with Gasteiger partial charge in [0, 0.05) is 62.6 Å². The normalized spacial score (nSPS) is 10.5. The Bertz CT molecular complexity index is 1910. The molecule has 0 fully saturated rings. The van der Waals surface area contributed by atoms with E-state index in [0.29, 0.717) is 97.7 Å². The van der Waals surface area contributed by atoms with Gasteiger partial charge in [0.2, 0.25) is 0 Å². The minimum Gasteiger partial charge on any atom is -0.487 e. The van der Waals surface area contributed by atoms with Gasteiger partial charge in [0.15, 0.2) is 23.0 Å². The van der Waals surface area contributed by atoms with Gasteiger partial charge in [-0.1, -0.05) is 23.6 Å². The third-order valence-corrected chi connectivity index (χ3v) is 7.49. The minimum atomic E-state index is 0. The summed E-state index contributed by atoms with van der Waals surface area (Å²) in [6, 6.07) is 13.1. The van der Waals surface area contributed by atoms with Crippen molar-refractivity contribution >= 4 is 57.3 Å². The average Bonchev–Trinajstić information content (AvgIpc) is 3.14. The zero-order valence-corrected chi connectivity index (χ0v) is 31.3. The van der Waals surface area contributed by atoms with Crippen LogP contribution in [0.3, 0.4) is 0 Å². The van der Waals surface area contributed by atoms with E-state index in [4.69, 9.17) is 55.9 Å².